The van der Waals surface area contributed by atoms with E-state index in [0.717, 1.165) is 10.0 Å². The van der Waals surface area contributed by atoms with Crippen LogP contribution in [0.25, 0.3) is 6.08 Å². The van der Waals surface area contributed by atoms with Crippen LogP contribution < -0.4 is 4.90 Å². The zero-order valence-electron chi connectivity index (χ0n) is 12.7. The van der Waals surface area contributed by atoms with E-state index < -0.39 is 0 Å². The Morgan fingerprint density at radius 3 is 2.67 bits per heavy atom. The zero-order valence-corrected chi connectivity index (χ0v) is 15.9. The van der Waals surface area contributed by atoms with Crippen molar-refractivity contribution in [3.8, 4) is 0 Å². The first-order chi connectivity index (χ1) is 11.5. The van der Waals surface area contributed by atoms with Crippen molar-refractivity contribution in [1.29, 1.82) is 0 Å². The van der Waals surface area contributed by atoms with Gasteiger partial charge in [0.05, 0.1) is 10.6 Å². The van der Waals surface area contributed by atoms with E-state index in [9.17, 15) is 9.59 Å². The predicted octanol–water partition coefficient (Wildman–Crippen LogP) is 5.06. The summed E-state index contributed by atoms with van der Waals surface area (Å²) in [7, 11) is 0. The summed E-state index contributed by atoms with van der Waals surface area (Å²) in [5.74, 6) is -0.224. The third-order valence-corrected chi connectivity index (χ3v) is 5.25. The lowest BCUT2D eigenvalue weighted by Gasteiger charge is -2.15. The van der Waals surface area contributed by atoms with Crippen LogP contribution in [0.2, 0.25) is 0 Å². The van der Waals surface area contributed by atoms with Crippen molar-refractivity contribution >= 4 is 67.7 Å². The second-order valence-corrected chi connectivity index (χ2v) is 7.77. The largest absolute Gasteiger partial charge is 0.295 e. The van der Waals surface area contributed by atoms with E-state index in [1.807, 2.05) is 30.3 Å². The number of ketones is 1. The fourth-order valence-corrected chi connectivity index (χ4v) is 4.02. The number of thiocarbonyl (C=S) groups is 1. The number of amides is 1. The van der Waals surface area contributed by atoms with E-state index in [1.54, 1.807) is 24.3 Å². The highest BCUT2D eigenvalue weighted by Gasteiger charge is 2.33. The molecule has 0 aliphatic carbocycles. The molecule has 0 N–H and O–H groups in total. The van der Waals surface area contributed by atoms with Gasteiger partial charge in [0.2, 0.25) is 0 Å². The van der Waals surface area contributed by atoms with Gasteiger partial charge in [-0.2, -0.15) is 0 Å². The Balaban J connectivity index is 1.95. The molecule has 0 radical (unpaired) electrons. The average Bonchev–Trinajstić information content (AvgIpc) is 2.81. The lowest BCUT2D eigenvalue weighted by Crippen LogP contribution is -2.27. The third-order valence-electron chi connectivity index (χ3n) is 3.45. The fraction of sp³-hybridized carbons (Fsp3) is 0.0556. The predicted molar refractivity (Wildman–Crippen MR) is 106 cm³/mol. The topological polar surface area (TPSA) is 37.4 Å². The first kappa shape index (κ1) is 17.1. The molecule has 0 aromatic heterocycles. The van der Waals surface area contributed by atoms with E-state index in [2.05, 4.69) is 15.9 Å². The quantitative estimate of drug-likeness (QED) is 0.397. The van der Waals surface area contributed by atoms with Crippen molar-refractivity contribution in [3.05, 3.63) is 69.0 Å². The number of halogens is 1. The Labute approximate surface area is 157 Å². The number of benzene rings is 2. The first-order valence-corrected chi connectivity index (χ1v) is 9.12. The average molecular weight is 418 g/mol. The van der Waals surface area contributed by atoms with E-state index in [0.29, 0.717) is 20.5 Å². The molecule has 1 amide bonds. The summed E-state index contributed by atoms with van der Waals surface area (Å²) < 4.78 is 1.41. The molecule has 6 heteroatoms. The number of thioether (sulfide) groups is 1. The lowest BCUT2D eigenvalue weighted by atomic mass is 10.1. The van der Waals surface area contributed by atoms with Crippen LogP contribution in [0.1, 0.15) is 22.8 Å². The van der Waals surface area contributed by atoms with E-state index in [-0.39, 0.29) is 11.7 Å². The summed E-state index contributed by atoms with van der Waals surface area (Å²) in [4.78, 5) is 26.3. The summed E-state index contributed by atoms with van der Waals surface area (Å²) in [5.41, 5.74) is 2.09. The molecule has 2 aromatic rings. The van der Waals surface area contributed by atoms with Crippen LogP contribution in [0.5, 0.6) is 0 Å². The third kappa shape index (κ3) is 3.50. The van der Waals surface area contributed by atoms with Crippen molar-refractivity contribution in [3.63, 3.8) is 0 Å². The van der Waals surface area contributed by atoms with Gasteiger partial charge in [-0.25, -0.2) is 0 Å². The maximum Gasteiger partial charge on any atom is 0.270 e. The Morgan fingerprint density at radius 1 is 1.21 bits per heavy atom. The molecule has 3 nitrogen and oxygen atoms in total. The number of hydrogen-bond donors (Lipinski definition) is 0. The minimum Gasteiger partial charge on any atom is -0.295 e. The molecule has 120 valence electrons. The van der Waals surface area contributed by atoms with Gasteiger partial charge in [0.15, 0.2) is 10.1 Å². The summed E-state index contributed by atoms with van der Waals surface area (Å²) in [6.07, 6.45) is 1.82. The van der Waals surface area contributed by atoms with Gasteiger partial charge in [-0.15, -0.1) is 0 Å². The molecule has 1 heterocycles. The smallest absolute Gasteiger partial charge is 0.270 e. The monoisotopic (exact) mass is 417 g/mol. The van der Waals surface area contributed by atoms with Gasteiger partial charge in [0.1, 0.15) is 0 Å². The molecule has 0 saturated carbocycles. The van der Waals surface area contributed by atoms with Gasteiger partial charge in [-0.3, -0.25) is 14.5 Å². The van der Waals surface area contributed by atoms with Gasteiger partial charge < -0.3 is 0 Å². The zero-order chi connectivity index (χ0) is 17.3. The highest BCUT2D eigenvalue weighted by Crippen LogP contribution is 2.36. The summed E-state index contributed by atoms with van der Waals surface area (Å²) in [6, 6.07) is 14.6. The molecule has 1 saturated heterocycles. The molecule has 0 atom stereocenters. The van der Waals surface area contributed by atoms with Crippen LogP contribution in [-0.2, 0) is 4.79 Å². The first-order valence-electron chi connectivity index (χ1n) is 7.10. The summed E-state index contributed by atoms with van der Waals surface area (Å²) in [6.45, 7) is 1.50. The van der Waals surface area contributed by atoms with Gasteiger partial charge in [0, 0.05) is 10.0 Å². The van der Waals surface area contributed by atoms with E-state index in [1.165, 1.54) is 23.6 Å². The second-order valence-electron chi connectivity index (χ2n) is 5.18. The maximum absolute atomic E-state index is 12.7. The molecule has 0 bridgehead atoms. The Kier molecular flexibility index (Phi) is 4.99. The number of carbonyl (C=O) groups is 2. The van der Waals surface area contributed by atoms with Crippen molar-refractivity contribution in [2.24, 2.45) is 0 Å². The number of carbonyl (C=O) groups excluding carboxylic acids is 2. The standard InChI is InChI=1S/C18H12BrNO2S2/c1-11(21)13-5-3-7-15(10-13)20-17(22)16(24-18(20)23)9-12-4-2-6-14(19)8-12/h2-10H,1H3. The normalized spacial score (nSPS) is 16.1. The van der Waals surface area contributed by atoms with E-state index in [4.69, 9.17) is 12.2 Å². The van der Waals surface area contributed by atoms with Crippen molar-refractivity contribution in [1.82, 2.24) is 0 Å². The van der Waals surface area contributed by atoms with E-state index >= 15 is 0 Å². The number of Topliss-reactive ketones (excluding diaryl/α,β-unsaturated/α-hetero) is 1. The molecule has 1 aliphatic heterocycles. The van der Waals surface area contributed by atoms with Crippen LogP contribution in [0.15, 0.2) is 57.9 Å². The number of anilines is 1. The summed E-state index contributed by atoms with van der Waals surface area (Å²) >= 11 is 10.0. The van der Waals surface area contributed by atoms with Gasteiger partial charge >= 0.3 is 0 Å². The van der Waals surface area contributed by atoms with Crippen molar-refractivity contribution in [2.75, 3.05) is 4.90 Å². The number of nitrogens with zero attached hydrogens (tertiary/aromatic N) is 1. The molecular weight excluding hydrogens is 406 g/mol. The molecule has 3 rings (SSSR count). The molecule has 2 aromatic carbocycles. The summed E-state index contributed by atoms with van der Waals surface area (Å²) in [5, 5.41) is 0. The highest BCUT2D eigenvalue weighted by atomic mass is 79.9. The van der Waals surface area contributed by atoms with Crippen LogP contribution >= 0.6 is 39.9 Å². The van der Waals surface area contributed by atoms with Crippen molar-refractivity contribution in [2.45, 2.75) is 6.92 Å². The van der Waals surface area contributed by atoms with Gasteiger partial charge in [-0.1, -0.05) is 64.2 Å². The van der Waals surface area contributed by atoms with Crippen LogP contribution in [0.4, 0.5) is 5.69 Å². The minimum absolute atomic E-state index is 0.0491. The maximum atomic E-state index is 12.7. The van der Waals surface area contributed by atoms with Crippen LogP contribution in [0.3, 0.4) is 0 Å². The highest BCUT2D eigenvalue weighted by molar-refractivity contribution is 9.10. The second kappa shape index (κ2) is 7.01. The molecule has 0 unspecified atom stereocenters. The van der Waals surface area contributed by atoms with Crippen molar-refractivity contribution < 1.29 is 9.59 Å². The fourth-order valence-electron chi connectivity index (χ4n) is 2.30. The molecule has 24 heavy (non-hydrogen) atoms. The minimum atomic E-state index is -0.175. The molecule has 1 aliphatic rings. The van der Waals surface area contributed by atoms with Gasteiger partial charge in [0.25, 0.3) is 5.91 Å². The molecule has 1 fully saturated rings. The molecule has 0 spiro atoms. The SMILES string of the molecule is CC(=O)c1cccc(N2C(=O)C(=Cc3cccc(Br)c3)SC2=S)c1. The van der Waals surface area contributed by atoms with Gasteiger partial charge in [-0.05, 0) is 42.8 Å². The van der Waals surface area contributed by atoms with Crippen LogP contribution in [-0.4, -0.2) is 16.0 Å². The van der Waals surface area contributed by atoms with Crippen LogP contribution in [0, 0.1) is 0 Å². The Morgan fingerprint density at radius 2 is 1.96 bits per heavy atom. The Bertz CT molecular complexity index is 892. The lowest BCUT2D eigenvalue weighted by molar-refractivity contribution is -0.113. The Hall–Kier alpha value is -1.76. The number of hydrogen-bond acceptors (Lipinski definition) is 4. The molecular formula is C18H12BrNO2S2. The number of rotatable bonds is 3.